The van der Waals surface area contributed by atoms with Crippen LogP contribution in [0.15, 0.2) is 18.5 Å². The van der Waals surface area contributed by atoms with Gasteiger partial charge in [-0.15, -0.1) is 0 Å². The standard InChI is InChI=1S/C9H13N2/c1-10-5-4-9-8(7-10)3-6-11(9)2/h4-5,7H,3,6H2,1-2H3/q+1. The van der Waals surface area contributed by atoms with E-state index in [0.29, 0.717) is 0 Å². The smallest absolute Gasteiger partial charge is 0.173 e. The van der Waals surface area contributed by atoms with Gasteiger partial charge in [0, 0.05) is 25.2 Å². The highest BCUT2D eigenvalue weighted by atomic mass is 15.1. The summed E-state index contributed by atoms with van der Waals surface area (Å²) in [4.78, 5) is 2.30. The molecule has 0 saturated carbocycles. The monoisotopic (exact) mass is 149 g/mol. The molecule has 2 rings (SSSR count). The molecule has 1 aromatic heterocycles. The molecule has 2 nitrogen and oxygen atoms in total. The maximum absolute atomic E-state index is 2.30. The molecule has 11 heavy (non-hydrogen) atoms. The van der Waals surface area contributed by atoms with Gasteiger partial charge in [0.1, 0.15) is 7.05 Å². The molecule has 0 fully saturated rings. The van der Waals surface area contributed by atoms with Gasteiger partial charge in [-0.1, -0.05) is 0 Å². The van der Waals surface area contributed by atoms with Gasteiger partial charge in [-0.3, -0.25) is 0 Å². The van der Waals surface area contributed by atoms with Gasteiger partial charge < -0.3 is 4.90 Å². The first-order chi connectivity index (χ1) is 5.27. The zero-order valence-corrected chi connectivity index (χ0v) is 7.04. The summed E-state index contributed by atoms with van der Waals surface area (Å²) >= 11 is 0. The molecule has 1 aliphatic heterocycles. The molecule has 0 saturated heterocycles. The average Bonchev–Trinajstić information content (AvgIpc) is 2.32. The van der Waals surface area contributed by atoms with Gasteiger partial charge in [0.05, 0.1) is 5.69 Å². The molecular weight excluding hydrogens is 136 g/mol. The maximum atomic E-state index is 2.30. The van der Waals surface area contributed by atoms with Crippen LogP contribution in [0, 0.1) is 0 Å². The Labute approximate surface area is 67.1 Å². The van der Waals surface area contributed by atoms with Crippen molar-refractivity contribution in [3.8, 4) is 0 Å². The second-order valence-electron chi connectivity index (χ2n) is 3.19. The fraction of sp³-hybridized carbons (Fsp3) is 0.444. The van der Waals surface area contributed by atoms with Crippen molar-refractivity contribution in [3.05, 3.63) is 24.0 Å². The predicted octanol–water partition coefficient (Wildman–Crippen LogP) is 0.503. The molecular formula is C9H13N2+. The van der Waals surface area contributed by atoms with Crippen molar-refractivity contribution in [2.45, 2.75) is 6.42 Å². The van der Waals surface area contributed by atoms with Crippen molar-refractivity contribution in [1.29, 1.82) is 0 Å². The number of nitrogens with zero attached hydrogens (tertiary/aromatic N) is 2. The van der Waals surface area contributed by atoms with Crippen LogP contribution in [-0.2, 0) is 13.5 Å². The van der Waals surface area contributed by atoms with E-state index in [-0.39, 0.29) is 0 Å². The summed E-state index contributed by atoms with van der Waals surface area (Å²) in [5.74, 6) is 0. The summed E-state index contributed by atoms with van der Waals surface area (Å²) in [7, 11) is 4.21. The molecule has 0 spiro atoms. The van der Waals surface area contributed by atoms with Crippen LogP contribution in [0.5, 0.6) is 0 Å². The van der Waals surface area contributed by atoms with Gasteiger partial charge in [0.15, 0.2) is 12.4 Å². The summed E-state index contributed by atoms with van der Waals surface area (Å²) in [5, 5.41) is 0. The van der Waals surface area contributed by atoms with Crippen LogP contribution in [0.2, 0.25) is 0 Å². The van der Waals surface area contributed by atoms with E-state index < -0.39 is 0 Å². The molecule has 1 aliphatic rings. The highest BCUT2D eigenvalue weighted by Crippen LogP contribution is 2.23. The summed E-state index contributed by atoms with van der Waals surface area (Å²) in [6, 6.07) is 2.18. The van der Waals surface area contributed by atoms with E-state index >= 15 is 0 Å². The van der Waals surface area contributed by atoms with Gasteiger partial charge in [0.2, 0.25) is 0 Å². The van der Waals surface area contributed by atoms with E-state index in [2.05, 4.69) is 42.0 Å². The van der Waals surface area contributed by atoms with Gasteiger partial charge >= 0.3 is 0 Å². The van der Waals surface area contributed by atoms with Crippen molar-refractivity contribution >= 4 is 5.69 Å². The average molecular weight is 149 g/mol. The third kappa shape index (κ3) is 0.985. The molecule has 0 aliphatic carbocycles. The molecule has 0 aromatic carbocycles. The Kier molecular flexibility index (Phi) is 1.34. The molecule has 58 valence electrons. The van der Waals surface area contributed by atoms with Crippen LogP contribution >= 0.6 is 0 Å². The van der Waals surface area contributed by atoms with Gasteiger partial charge in [-0.2, -0.15) is 0 Å². The minimum Gasteiger partial charge on any atom is -0.374 e. The number of pyridine rings is 1. The fourth-order valence-corrected chi connectivity index (χ4v) is 1.62. The van der Waals surface area contributed by atoms with Crippen LogP contribution in [0.3, 0.4) is 0 Å². The number of aromatic nitrogens is 1. The first kappa shape index (κ1) is 6.65. The highest BCUT2D eigenvalue weighted by molar-refractivity contribution is 5.54. The second kappa shape index (κ2) is 2.22. The van der Waals surface area contributed by atoms with Crippen molar-refractivity contribution in [2.24, 2.45) is 7.05 Å². The highest BCUT2D eigenvalue weighted by Gasteiger charge is 2.17. The van der Waals surface area contributed by atoms with E-state index in [1.807, 2.05) is 0 Å². The van der Waals surface area contributed by atoms with E-state index in [1.165, 1.54) is 24.2 Å². The normalized spacial score (nSPS) is 15.3. The first-order valence-corrected chi connectivity index (χ1v) is 3.96. The van der Waals surface area contributed by atoms with Crippen LogP contribution < -0.4 is 9.47 Å². The number of hydrogen-bond donors (Lipinski definition) is 0. The molecule has 1 aromatic rings. The van der Waals surface area contributed by atoms with Crippen molar-refractivity contribution in [3.63, 3.8) is 0 Å². The van der Waals surface area contributed by atoms with E-state index in [0.717, 1.165) is 0 Å². The third-order valence-electron chi connectivity index (χ3n) is 2.28. The first-order valence-electron chi connectivity index (χ1n) is 3.96. The lowest BCUT2D eigenvalue weighted by Crippen LogP contribution is -2.27. The minimum atomic E-state index is 1.17. The van der Waals surface area contributed by atoms with E-state index in [9.17, 15) is 0 Å². The van der Waals surface area contributed by atoms with Crippen molar-refractivity contribution in [1.82, 2.24) is 0 Å². The molecule has 2 heterocycles. The zero-order chi connectivity index (χ0) is 7.84. The Balaban J connectivity index is 2.50. The third-order valence-corrected chi connectivity index (χ3v) is 2.28. The van der Waals surface area contributed by atoms with Crippen molar-refractivity contribution in [2.75, 3.05) is 18.5 Å². The van der Waals surface area contributed by atoms with Crippen LogP contribution in [0.1, 0.15) is 5.56 Å². The summed E-state index contributed by atoms with van der Waals surface area (Å²) in [6.07, 6.45) is 5.50. The second-order valence-corrected chi connectivity index (χ2v) is 3.19. The zero-order valence-electron chi connectivity index (χ0n) is 7.04. The molecule has 0 unspecified atom stereocenters. The van der Waals surface area contributed by atoms with Gasteiger partial charge in [-0.05, 0) is 6.42 Å². The number of anilines is 1. The topological polar surface area (TPSA) is 7.12 Å². The molecule has 0 radical (unpaired) electrons. The number of likely N-dealkylation sites (N-methyl/N-ethyl adjacent to an activating group) is 1. The Hall–Kier alpha value is -1.05. The van der Waals surface area contributed by atoms with E-state index in [4.69, 9.17) is 0 Å². The SMILES string of the molecule is CN1CCc2c[n+](C)ccc21. The Morgan fingerprint density at radius 1 is 1.55 bits per heavy atom. The van der Waals surface area contributed by atoms with Crippen LogP contribution in [0.25, 0.3) is 0 Å². The lowest BCUT2D eigenvalue weighted by atomic mass is 10.2. The van der Waals surface area contributed by atoms with Crippen molar-refractivity contribution < 1.29 is 4.57 Å². The number of hydrogen-bond acceptors (Lipinski definition) is 1. The molecule has 0 atom stereocenters. The minimum absolute atomic E-state index is 1.17. The lowest BCUT2D eigenvalue weighted by molar-refractivity contribution is -0.671. The number of rotatable bonds is 0. The fourth-order valence-electron chi connectivity index (χ4n) is 1.62. The van der Waals surface area contributed by atoms with Crippen LogP contribution in [-0.4, -0.2) is 13.6 Å². The Bertz CT molecular complexity index is 281. The summed E-state index contributed by atoms with van der Waals surface area (Å²) in [6.45, 7) is 1.17. The number of aryl methyl sites for hydroxylation is 1. The van der Waals surface area contributed by atoms with Gasteiger partial charge in [0.25, 0.3) is 0 Å². The Morgan fingerprint density at radius 2 is 2.36 bits per heavy atom. The molecule has 0 bridgehead atoms. The quantitative estimate of drug-likeness (QED) is 0.487. The summed E-state index contributed by atoms with van der Waals surface area (Å²) < 4.78 is 2.11. The number of fused-ring (bicyclic) bond motifs is 1. The maximum Gasteiger partial charge on any atom is 0.173 e. The Morgan fingerprint density at radius 3 is 3.18 bits per heavy atom. The lowest BCUT2D eigenvalue weighted by Gasteiger charge is -2.09. The largest absolute Gasteiger partial charge is 0.374 e. The molecule has 0 amide bonds. The summed E-state index contributed by atoms with van der Waals surface area (Å²) in [5.41, 5.74) is 2.86. The van der Waals surface area contributed by atoms with E-state index in [1.54, 1.807) is 0 Å². The molecule has 2 heteroatoms. The van der Waals surface area contributed by atoms with Gasteiger partial charge in [-0.25, -0.2) is 4.57 Å². The van der Waals surface area contributed by atoms with Crippen LogP contribution in [0.4, 0.5) is 5.69 Å². The molecule has 0 N–H and O–H groups in total. The predicted molar refractivity (Wildman–Crippen MR) is 44.6 cm³/mol.